The zero-order valence-corrected chi connectivity index (χ0v) is 12.6. The van der Waals surface area contributed by atoms with Gasteiger partial charge in [0.15, 0.2) is 0 Å². The van der Waals surface area contributed by atoms with Crippen molar-refractivity contribution >= 4 is 17.7 Å². The predicted octanol–water partition coefficient (Wildman–Crippen LogP) is 1.63. The fourth-order valence-corrected chi connectivity index (χ4v) is 2.51. The highest BCUT2D eigenvalue weighted by Gasteiger charge is 2.34. The van der Waals surface area contributed by atoms with E-state index in [2.05, 4.69) is 10.3 Å². The minimum absolute atomic E-state index is 0.283. The first-order chi connectivity index (χ1) is 11.1. The Hall–Kier alpha value is -3.02. The molecule has 0 saturated heterocycles. The van der Waals surface area contributed by atoms with Gasteiger partial charge in [-0.3, -0.25) is 24.3 Å². The summed E-state index contributed by atoms with van der Waals surface area (Å²) in [6.07, 6.45) is 3.33. The van der Waals surface area contributed by atoms with E-state index in [1.165, 1.54) is 17.0 Å². The molecular formula is C17H15N3O3. The van der Waals surface area contributed by atoms with Crippen LogP contribution in [-0.4, -0.2) is 34.2 Å². The number of pyridine rings is 1. The Labute approximate surface area is 133 Å². The molecule has 1 aromatic carbocycles. The molecule has 116 valence electrons. The molecule has 0 atom stereocenters. The van der Waals surface area contributed by atoms with Crippen molar-refractivity contribution in [2.45, 2.75) is 13.5 Å². The summed E-state index contributed by atoms with van der Waals surface area (Å²) in [6.45, 7) is 2.40. The minimum atomic E-state index is -0.352. The highest BCUT2D eigenvalue weighted by atomic mass is 16.2. The van der Waals surface area contributed by atoms with Crippen LogP contribution in [0.15, 0.2) is 42.7 Å². The predicted molar refractivity (Wildman–Crippen MR) is 82.9 cm³/mol. The van der Waals surface area contributed by atoms with Gasteiger partial charge < -0.3 is 5.32 Å². The van der Waals surface area contributed by atoms with E-state index in [-0.39, 0.29) is 23.3 Å². The second-order valence-corrected chi connectivity index (χ2v) is 5.16. The summed E-state index contributed by atoms with van der Waals surface area (Å²) in [4.78, 5) is 41.5. The van der Waals surface area contributed by atoms with E-state index in [4.69, 9.17) is 0 Å². The highest BCUT2D eigenvalue weighted by molar-refractivity contribution is 6.22. The minimum Gasteiger partial charge on any atom is -0.348 e. The van der Waals surface area contributed by atoms with Gasteiger partial charge in [0.05, 0.1) is 11.1 Å². The third-order valence-electron chi connectivity index (χ3n) is 3.72. The summed E-state index contributed by atoms with van der Waals surface area (Å²) in [5, 5.41) is 2.77. The molecule has 2 heterocycles. The summed E-state index contributed by atoms with van der Waals surface area (Å²) in [7, 11) is 0. The number of hydrogen-bond acceptors (Lipinski definition) is 4. The molecule has 1 N–H and O–H groups in total. The molecule has 1 aromatic heterocycles. The summed E-state index contributed by atoms with van der Waals surface area (Å²) < 4.78 is 0. The van der Waals surface area contributed by atoms with Crippen LogP contribution in [-0.2, 0) is 6.54 Å². The molecule has 0 aliphatic carbocycles. The van der Waals surface area contributed by atoms with E-state index < -0.39 is 0 Å². The number of amides is 3. The first-order valence-electron chi connectivity index (χ1n) is 7.29. The van der Waals surface area contributed by atoms with Crippen molar-refractivity contribution in [2.24, 2.45) is 0 Å². The monoisotopic (exact) mass is 309 g/mol. The SMILES string of the molecule is CCN1C(=O)c2ccc(C(=O)NCc3cccnc3)cc2C1=O. The fourth-order valence-electron chi connectivity index (χ4n) is 2.51. The van der Waals surface area contributed by atoms with Crippen LogP contribution in [0.4, 0.5) is 0 Å². The van der Waals surface area contributed by atoms with Gasteiger partial charge in [0.25, 0.3) is 17.7 Å². The molecule has 0 radical (unpaired) electrons. The molecule has 0 spiro atoms. The van der Waals surface area contributed by atoms with Crippen LogP contribution < -0.4 is 5.32 Å². The highest BCUT2D eigenvalue weighted by Crippen LogP contribution is 2.23. The smallest absolute Gasteiger partial charge is 0.261 e. The number of nitrogens with one attached hydrogen (secondary N) is 1. The van der Waals surface area contributed by atoms with Gasteiger partial charge in [0.2, 0.25) is 0 Å². The second-order valence-electron chi connectivity index (χ2n) is 5.16. The lowest BCUT2D eigenvalue weighted by Gasteiger charge is -2.08. The topological polar surface area (TPSA) is 79.4 Å². The maximum atomic E-state index is 12.2. The molecule has 3 amide bonds. The standard InChI is InChI=1S/C17H15N3O3/c1-2-20-16(22)13-6-5-12(8-14(13)17(20)23)15(21)19-10-11-4-3-7-18-9-11/h3-9H,2,10H2,1H3,(H,19,21). The molecular weight excluding hydrogens is 294 g/mol. The van der Waals surface area contributed by atoms with Gasteiger partial charge in [0, 0.05) is 31.0 Å². The van der Waals surface area contributed by atoms with Gasteiger partial charge in [-0.2, -0.15) is 0 Å². The van der Waals surface area contributed by atoms with Crippen molar-refractivity contribution in [3.8, 4) is 0 Å². The van der Waals surface area contributed by atoms with E-state index in [1.807, 2.05) is 6.07 Å². The van der Waals surface area contributed by atoms with E-state index in [0.29, 0.717) is 24.2 Å². The molecule has 0 fully saturated rings. The summed E-state index contributed by atoms with van der Waals surface area (Å²) >= 11 is 0. The number of carbonyl (C=O) groups excluding carboxylic acids is 3. The van der Waals surface area contributed by atoms with Crippen molar-refractivity contribution in [3.05, 3.63) is 65.0 Å². The van der Waals surface area contributed by atoms with Crippen LogP contribution in [0.5, 0.6) is 0 Å². The number of nitrogens with zero attached hydrogens (tertiary/aromatic N) is 2. The number of benzene rings is 1. The zero-order valence-electron chi connectivity index (χ0n) is 12.6. The first-order valence-corrected chi connectivity index (χ1v) is 7.29. The van der Waals surface area contributed by atoms with Gasteiger partial charge >= 0.3 is 0 Å². The third kappa shape index (κ3) is 2.70. The fraction of sp³-hybridized carbons (Fsp3) is 0.176. The molecule has 6 nitrogen and oxygen atoms in total. The van der Waals surface area contributed by atoms with Crippen molar-refractivity contribution in [2.75, 3.05) is 6.54 Å². The summed E-state index contributed by atoms with van der Waals surface area (Å²) in [5.74, 6) is -0.962. The number of fused-ring (bicyclic) bond motifs is 1. The molecule has 3 rings (SSSR count). The van der Waals surface area contributed by atoms with Gasteiger partial charge in [0.1, 0.15) is 0 Å². The molecule has 2 aromatic rings. The third-order valence-corrected chi connectivity index (χ3v) is 3.72. The lowest BCUT2D eigenvalue weighted by atomic mass is 10.1. The Bertz CT molecular complexity index is 787. The zero-order chi connectivity index (χ0) is 16.4. The number of rotatable bonds is 4. The lowest BCUT2D eigenvalue weighted by Crippen LogP contribution is -2.29. The maximum Gasteiger partial charge on any atom is 0.261 e. The Morgan fingerprint density at radius 2 is 1.96 bits per heavy atom. The molecule has 0 unspecified atom stereocenters. The van der Waals surface area contributed by atoms with E-state index in [0.717, 1.165) is 5.56 Å². The summed E-state index contributed by atoms with van der Waals surface area (Å²) in [6, 6.07) is 8.22. The number of aromatic nitrogens is 1. The van der Waals surface area contributed by atoms with Crippen LogP contribution >= 0.6 is 0 Å². The number of carbonyl (C=O) groups is 3. The van der Waals surface area contributed by atoms with Crippen molar-refractivity contribution in [1.29, 1.82) is 0 Å². The van der Waals surface area contributed by atoms with Crippen LogP contribution in [0.2, 0.25) is 0 Å². The van der Waals surface area contributed by atoms with Gasteiger partial charge in [-0.15, -0.1) is 0 Å². The Kier molecular flexibility index (Phi) is 3.89. The van der Waals surface area contributed by atoms with Crippen LogP contribution in [0.25, 0.3) is 0 Å². The van der Waals surface area contributed by atoms with Crippen LogP contribution in [0.1, 0.15) is 43.6 Å². The lowest BCUT2D eigenvalue weighted by molar-refractivity contribution is 0.0662. The first kappa shape index (κ1) is 14.9. The Balaban J connectivity index is 1.78. The number of imide groups is 1. The Morgan fingerprint density at radius 3 is 2.65 bits per heavy atom. The van der Waals surface area contributed by atoms with Gasteiger partial charge in [-0.05, 0) is 36.8 Å². The van der Waals surface area contributed by atoms with Crippen LogP contribution in [0, 0.1) is 0 Å². The maximum absolute atomic E-state index is 12.2. The average molecular weight is 309 g/mol. The van der Waals surface area contributed by atoms with Crippen molar-refractivity contribution in [3.63, 3.8) is 0 Å². The van der Waals surface area contributed by atoms with Crippen molar-refractivity contribution in [1.82, 2.24) is 15.2 Å². The largest absolute Gasteiger partial charge is 0.348 e. The van der Waals surface area contributed by atoms with E-state index >= 15 is 0 Å². The molecule has 1 aliphatic heterocycles. The molecule has 6 heteroatoms. The molecule has 0 saturated carbocycles. The quantitative estimate of drug-likeness (QED) is 0.871. The summed E-state index contributed by atoms with van der Waals surface area (Å²) in [5.41, 5.74) is 1.86. The van der Waals surface area contributed by atoms with E-state index in [1.54, 1.807) is 31.5 Å². The van der Waals surface area contributed by atoms with Crippen molar-refractivity contribution < 1.29 is 14.4 Å². The normalized spacial score (nSPS) is 13.2. The van der Waals surface area contributed by atoms with Gasteiger partial charge in [-0.1, -0.05) is 6.07 Å². The molecule has 1 aliphatic rings. The molecule has 23 heavy (non-hydrogen) atoms. The van der Waals surface area contributed by atoms with Gasteiger partial charge in [-0.25, -0.2) is 0 Å². The molecule has 0 bridgehead atoms. The van der Waals surface area contributed by atoms with Crippen LogP contribution in [0.3, 0.4) is 0 Å². The Morgan fingerprint density at radius 1 is 1.17 bits per heavy atom. The second kappa shape index (κ2) is 6.00. The average Bonchev–Trinajstić information content (AvgIpc) is 2.83. The number of hydrogen-bond donors (Lipinski definition) is 1. The van der Waals surface area contributed by atoms with E-state index in [9.17, 15) is 14.4 Å².